The maximum atomic E-state index is 10.8. The molecule has 0 aromatic rings. The smallest absolute Gasteiger partial charge is 0.303 e. The number of carbonyl (C=O) groups is 2. The summed E-state index contributed by atoms with van der Waals surface area (Å²) < 4.78 is 0. The molecule has 4 unspecified atom stereocenters. The summed E-state index contributed by atoms with van der Waals surface area (Å²) in [6.07, 6.45) is 37.5. The van der Waals surface area contributed by atoms with Crippen LogP contribution in [0.25, 0.3) is 0 Å². The van der Waals surface area contributed by atoms with Gasteiger partial charge in [-0.2, -0.15) is 0 Å². The van der Waals surface area contributed by atoms with Gasteiger partial charge in [-0.3, -0.25) is 9.59 Å². The third-order valence-electron chi connectivity index (χ3n) is 8.97. The Labute approximate surface area is 247 Å². The highest BCUT2D eigenvalue weighted by Gasteiger charge is 2.33. The van der Waals surface area contributed by atoms with Gasteiger partial charge in [-0.05, 0) is 68.6 Å². The average Bonchev–Trinajstić information content (AvgIpc) is 2.93. The number of carboxylic acid groups (broad SMARTS) is 2. The van der Waals surface area contributed by atoms with Crippen molar-refractivity contribution in [2.24, 2.45) is 23.7 Å². The lowest BCUT2D eigenvalue weighted by Crippen LogP contribution is -2.30. The van der Waals surface area contributed by atoms with Crippen LogP contribution in [0.2, 0.25) is 0 Å². The summed E-state index contributed by atoms with van der Waals surface area (Å²) in [5, 5.41) is 17.7. The molecule has 0 spiro atoms. The topological polar surface area (TPSA) is 74.6 Å². The molecule has 0 saturated carbocycles. The summed E-state index contributed by atoms with van der Waals surface area (Å²) >= 11 is 0. The van der Waals surface area contributed by atoms with Crippen LogP contribution in [0, 0.1) is 23.7 Å². The lowest BCUT2D eigenvalue weighted by Gasteiger charge is -2.39. The van der Waals surface area contributed by atoms with Gasteiger partial charge in [-0.15, -0.1) is 0 Å². The number of hydrogen-bond acceptors (Lipinski definition) is 2. The summed E-state index contributed by atoms with van der Waals surface area (Å²) in [4.78, 5) is 21.5. The molecule has 0 bridgehead atoms. The maximum absolute atomic E-state index is 10.8. The van der Waals surface area contributed by atoms with Crippen molar-refractivity contribution in [2.75, 3.05) is 0 Å². The minimum Gasteiger partial charge on any atom is -0.481 e. The van der Waals surface area contributed by atoms with Gasteiger partial charge in [0.15, 0.2) is 0 Å². The molecule has 2 N–H and O–H groups in total. The van der Waals surface area contributed by atoms with Crippen molar-refractivity contribution in [3.8, 4) is 0 Å². The first-order valence-electron chi connectivity index (χ1n) is 17.3. The Balaban J connectivity index is 2.74. The Bertz CT molecular complexity index is 682. The first kappa shape index (κ1) is 36.4. The summed E-state index contributed by atoms with van der Waals surface area (Å²) in [5.41, 5.74) is 0. The molecule has 40 heavy (non-hydrogen) atoms. The predicted molar refractivity (Wildman–Crippen MR) is 170 cm³/mol. The van der Waals surface area contributed by atoms with Crippen LogP contribution in [-0.2, 0) is 9.59 Å². The Morgan fingerprint density at radius 1 is 0.575 bits per heavy atom. The van der Waals surface area contributed by atoms with Crippen molar-refractivity contribution in [3.05, 3.63) is 24.3 Å². The van der Waals surface area contributed by atoms with Crippen LogP contribution in [0.1, 0.15) is 168 Å². The van der Waals surface area contributed by atoms with Gasteiger partial charge < -0.3 is 10.2 Å². The van der Waals surface area contributed by atoms with Gasteiger partial charge in [0.25, 0.3) is 0 Å². The van der Waals surface area contributed by atoms with Gasteiger partial charge >= 0.3 is 11.9 Å². The van der Waals surface area contributed by atoms with E-state index in [1.165, 1.54) is 96.3 Å². The van der Waals surface area contributed by atoms with Crippen molar-refractivity contribution < 1.29 is 19.8 Å². The van der Waals surface area contributed by atoms with Crippen molar-refractivity contribution in [1.82, 2.24) is 0 Å². The van der Waals surface area contributed by atoms with Crippen molar-refractivity contribution in [1.29, 1.82) is 0 Å². The van der Waals surface area contributed by atoms with Gasteiger partial charge in [-0.25, -0.2) is 0 Å². The fourth-order valence-corrected chi connectivity index (χ4v) is 6.57. The van der Waals surface area contributed by atoms with Crippen LogP contribution in [0.4, 0.5) is 0 Å². The van der Waals surface area contributed by atoms with E-state index in [1.54, 1.807) is 0 Å². The minimum atomic E-state index is -0.676. The molecule has 4 heteroatoms. The highest BCUT2D eigenvalue weighted by molar-refractivity contribution is 5.66. The molecule has 1 rings (SSSR count). The van der Waals surface area contributed by atoms with Crippen LogP contribution in [-0.4, -0.2) is 22.2 Å². The Morgan fingerprint density at radius 3 is 1.60 bits per heavy atom. The average molecular weight is 561 g/mol. The molecule has 0 aromatic heterocycles. The third kappa shape index (κ3) is 18.7. The van der Waals surface area contributed by atoms with Crippen molar-refractivity contribution >= 4 is 11.9 Å². The van der Waals surface area contributed by atoms with Gasteiger partial charge in [0.05, 0.1) is 0 Å². The van der Waals surface area contributed by atoms with E-state index < -0.39 is 11.9 Å². The normalized spacial score (nSPS) is 20.9. The van der Waals surface area contributed by atoms with E-state index in [0.717, 1.165) is 56.8 Å². The van der Waals surface area contributed by atoms with Crippen molar-refractivity contribution in [3.63, 3.8) is 0 Å². The SMILES string of the molecule is CCCCCCC1C=CC(CCCCCCCC(=O)O)C(C=CCCCCCCCC(=O)O)C1CCCCCC. The summed E-state index contributed by atoms with van der Waals surface area (Å²) in [5.74, 6) is 1.41. The highest BCUT2D eigenvalue weighted by atomic mass is 16.4. The second kappa shape index (κ2) is 25.2. The largest absolute Gasteiger partial charge is 0.481 e. The van der Waals surface area contributed by atoms with Crippen LogP contribution < -0.4 is 0 Å². The monoisotopic (exact) mass is 560 g/mol. The van der Waals surface area contributed by atoms with Crippen LogP contribution >= 0.6 is 0 Å². The van der Waals surface area contributed by atoms with Crippen LogP contribution in [0.15, 0.2) is 24.3 Å². The second-order valence-corrected chi connectivity index (χ2v) is 12.5. The molecular weight excluding hydrogens is 496 g/mol. The van der Waals surface area contributed by atoms with E-state index in [-0.39, 0.29) is 0 Å². The molecule has 0 saturated heterocycles. The molecule has 0 amide bonds. The maximum Gasteiger partial charge on any atom is 0.303 e. The van der Waals surface area contributed by atoms with Gasteiger partial charge in [0, 0.05) is 12.8 Å². The number of rotatable bonds is 27. The van der Waals surface area contributed by atoms with Crippen LogP contribution in [0.3, 0.4) is 0 Å². The van der Waals surface area contributed by atoms with E-state index in [9.17, 15) is 9.59 Å². The van der Waals surface area contributed by atoms with Gasteiger partial charge in [0.1, 0.15) is 0 Å². The lowest BCUT2D eigenvalue weighted by molar-refractivity contribution is -0.138. The number of aliphatic carboxylic acids is 2. The molecule has 0 aromatic carbocycles. The molecule has 0 aliphatic heterocycles. The first-order valence-corrected chi connectivity index (χ1v) is 17.3. The van der Waals surface area contributed by atoms with E-state index >= 15 is 0 Å². The summed E-state index contributed by atoms with van der Waals surface area (Å²) in [6, 6.07) is 0. The fraction of sp³-hybridized carbons (Fsp3) is 0.833. The summed E-state index contributed by atoms with van der Waals surface area (Å²) in [7, 11) is 0. The standard InChI is InChI=1S/C36H64O4/c1-3-5-7-17-23-31-29-30-32(24-18-13-12-16-22-28-36(39)40)34(33(31)25-19-8-6-4-2)26-20-14-10-9-11-15-21-27-35(37)38/h20,26,29-34H,3-19,21-25,27-28H2,1-2H3,(H,37,38)(H,39,40). The zero-order chi connectivity index (χ0) is 29.3. The zero-order valence-corrected chi connectivity index (χ0v) is 26.3. The molecule has 0 radical (unpaired) electrons. The molecule has 4 atom stereocenters. The highest BCUT2D eigenvalue weighted by Crippen LogP contribution is 2.43. The number of hydrogen-bond donors (Lipinski definition) is 2. The Hall–Kier alpha value is -1.58. The molecule has 1 aliphatic carbocycles. The fourth-order valence-electron chi connectivity index (χ4n) is 6.57. The molecule has 4 nitrogen and oxygen atoms in total. The summed E-state index contributed by atoms with van der Waals surface area (Å²) in [6.45, 7) is 4.60. The van der Waals surface area contributed by atoms with Gasteiger partial charge in [-0.1, -0.05) is 134 Å². The van der Waals surface area contributed by atoms with Crippen LogP contribution in [0.5, 0.6) is 0 Å². The Morgan fingerprint density at radius 2 is 1.02 bits per heavy atom. The van der Waals surface area contributed by atoms with E-state index in [4.69, 9.17) is 10.2 Å². The van der Waals surface area contributed by atoms with E-state index in [0.29, 0.717) is 24.7 Å². The second-order valence-electron chi connectivity index (χ2n) is 12.5. The molecule has 0 heterocycles. The number of unbranched alkanes of at least 4 members (excludes halogenated alkanes) is 15. The third-order valence-corrected chi connectivity index (χ3v) is 8.97. The predicted octanol–water partition coefficient (Wildman–Crippen LogP) is 11.1. The zero-order valence-electron chi connectivity index (χ0n) is 26.3. The lowest BCUT2D eigenvalue weighted by atomic mass is 9.66. The molecule has 0 fully saturated rings. The van der Waals surface area contributed by atoms with E-state index in [2.05, 4.69) is 38.2 Å². The first-order chi connectivity index (χ1) is 19.5. The quantitative estimate of drug-likeness (QED) is 0.0774. The number of carboxylic acids is 2. The molecule has 232 valence electrons. The minimum absolute atomic E-state index is 0.304. The molecule has 1 aliphatic rings. The molecular formula is C36H64O4. The number of allylic oxidation sites excluding steroid dienone is 4. The Kier molecular flexibility index (Phi) is 22.9. The van der Waals surface area contributed by atoms with E-state index in [1.807, 2.05) is 0 Å². The van der Waals surface area contributed by atoms with Crippen molar-refractivity contribution in [2.45, 2.75) is 168 Å². The van der Waals surface area contributed by atoms with Gasteiger partial charge in [0.2, 0.25) is 0 Å².